The summed E-state index contributed by atoms with van der Waals surface area (Å²) in [7, 11) is 0. The summed E-state index contributed by atoms with van der Waals surface area (Å²) < 4.78 is 0. The summed E-state index contributed by atoms with van der Waals surface area (Å²) in [4.78, 5) is 10.9. The first-order valence-electron chi connectivity index (χ1n) is 4.53. The van der Waals surface area contributed by atoms with E-state index in [4.69, 9.17) is 5.73 Å². The number of rotatable bonds is 3. The van der Waals surface area contributed by atoms with Gasteiger partial charge in [0.1, 0.15) is 0 Å². The number of benzene rings is 1. The standard InChI is InChI=1S/C11H15NO/c1-3-9-4-6-10(7-5-9)8(2)11(12)13/h4-8H,3H2,1-2H3,(H2,12,13). The van der Waals surface area contributed by atoms with Gasteiger partial charge in [-0.15, -0.1) is 0 Å². The Hall–Kier alpha value is -1.31. The number of aryl methyl sites for hydroxylation is 1. The zero-order chi connectivity index (χ0) is 9.84. The van der Waals surface area contributed by atoms with Gasteiger partial charge < -0.3 is 5.73 Å². The molecule has 0 saturated heterocycles. The highest BCUT2D eigenvalue weighted by Crippen LogP contribution is 2.15. The van der Waals surface area contributed by atoms with Gasteiger partial charge in [0.05, 0.1) is 5.92 Å². The Morgan fingerprint density at radius 3 is 2.31 bits per heavy atom. The van der Waals surface area contributed by atoms with Crippen molar-refractivity contribution in [2.24, 2.45) is 5.73 Å². The van der Waals surface area contributed by atoms with Gasteiger partial charge in [-0.2, -0.15) is 0 Å². The van der Waals surface area contributed by atoms with E-state index in [0.717, 1.165) is 12.0 Å². The highest BCUT2D eigenvalue weighted by Gasteiger charge is 2.10. The van der Waals surface area contributed by atoms with E-state index in [2.05, 4.69) is 6.92 Å². The zero-order valence-corrected chi connectivity index (χ0v) is 8.08. The van der Waals surface area contributed by atoms with E-state index in [-0.39, 0.29) is 11.8 Å². The van der Waals surface area contributed by atoms with Crippen LogP contribution >= 0.6 is 0 Å². The van der Waals surface area contributed by atoms with Crippen LogP contribution < -0.4 is 5.73 Å². The third kappa shape index (κ3) is 2.31. The van der Waals surface area contributed by atoms with Crippen molar-refractivity contribution in [3.8, 4) is 0 Å². The van der Waals surface area contributed by atoms with E-state index < -0.39 is 0 Å². The molecular weight excluding hydrogens is 162 g/mol. The van der Waals surface area contributed by atoms with E-state index in [1.807, 2.05) is 31.2 Å². The molecule has 0 aliphatic heterocycles. The molecule has 0 aliphatic carbocycles. The first-order valence-corrected chi connectivity index (χ1v) is 4.53. The lowest BCUT2D eigenvalue weighted by Gasteiger charge is -2.07. The molecule has 0 aliphatic rings. The van der Waals surface area contributed by atoms with Crippen LogP contribution in [0.2, 0.25) is 0 Å². The largest absolute Gasteiger partial charge is 0.369 e. The van der Waals surface area contributed by atoms with E-state index >= 15 is 0 Å². The molecule has 1 aromatic rings. The first kappa shape index (κ1) is 9.78. The number of hydrogen-bond donors (Lipinski definition) is 1. The van der Waals surface area contributed by atoms with Crippen molar-refractivity contribution in [1.29, 1.82) is 0 Å². The molecule has 0 saturated carbocycles. The quantitative estimate of drug-likeness (QED) is 0.752. The molecular formula is C11H15NO. The fourth-order valence-electron chi connectivity index (χ4n) is 1.21. The average Bonchev–Trinajstić information content (AvgIpc) is 2.17. The molecule has 0 radical (unpaired) electrons. The summed E-state index contributed by atoms with van der Waals surface area (Å²) in [6, 6.07) is 8.01. The van der Waals surface area contributed by atoms with Crippen molar-refractivity contribution >= 4 is 5.91 Å². The molecule has 2 nitrogen and oxygen atoms in total. The molecule has 2 heteroatoms. The van der Waals surface area contributed by atoms with Crippen LogP contribution in [-0.2, 0) is 11.2 Å². The zero-order valence-electron chi connectivity index (χ0n) is 8.08. The van der Waals surface area contributed by atoms with Crippen molar-refractivity contribution in [1.82, 2.24) is 0 Å². The van der Waals surface area contributed by atoms with Gasteiger partial charge in [0, 0.05) is 0 Å². The number of nitrogens with two attached hydrogens (primary N) is 1. The maximum absolute atomic E-state index is 10.9. The summed E-state index contributed by atoms with van der Waals surface area (Å²) >= 11 is 0. The molecule has 0 bridgehead atoms. The summed E-state index contributed by atoms with van der Waals surface area (Å²) in [5.74, 6) is -0.463. The lowest BCUT2D eigenvalue weighted by atomic mass is 9.99. The van der Waals surface area contributed by atoms with Gasteiger partial charge >= 0.3 is 0 Å². The van der Waals surface area contributed by atoms with Gasteiger partial charge in [0.2, 0.25) is 5.91 Å². The Kier molecular flexibility index (Phi) is 3.07. The summed E-state index contributed by atoms with van der Waals surface area (Å²) in [6.45, 7) is 3.93. The maximum Gasteiger partial charge on any atom is 0.224 e. The van der Waals surface area contributed by atoms with Gasteiger partial charge in [0.25, 0.3) is 0 Å². The minimum absolute atomic E-state index is 0.189. The van der Waals surface area contributed by atoms with Gasteiger partial charge in [0.15, 0.2) is 0 Å². The summed E-state index contributed by atoms with van der Waals surface area (Å²) in [5, 5.41) is 0. The number of primary amides is 1. The van der Waals surface area contributed by atoms with Crippen molar-refractivity contribution in [3.05, 3.63) is 35.4 Å². The van der Waals surface area contributed by atoms with Crippen molar-refractivity contribution in [2.75, 3.05) is 0 Å². The first-order chi connectivity index (χ1) is 6.15. The van der Waals surface area contributed by atoms with Crippen LogP contribution in [0.4, 0.5) is 0 Å². The van der Waals surface area contributed by atoms with E-state index in [0.29, 0.717) is 0 Å². The molecule has 0 aromatic heterocycles. The molecule has 70 valence electrons. The van der Waals surface area contributed by atoms with Crippen LogP contribution in [-0.4, -0.2) is 5.91 Å². The number of carbonyl (C=O) groups excluding carboxylic acids is 1. The molecule has 0 fully saturated rings. The Balaban J connectivity index is 2.85. The molecule has 0 spiro atoms. The summed E-state index contributed by atoms with van der Waals surface area (Å²) in [5.41, 5.74) is 7.47. The molecule has 1 rings (SSSR count). The monoisotopic (exact) mass is 177 g/mol. The second-order valence-electron chi connectivity index (χ2n) is 3.22. The van der Waals surface area contributed by atoms with Crippen molar-refractivity contribution in [3.63, 3.8) is 0 Å². The molecule has 13 heavy (non-hydrogen) atoms. The van der Waals surface area contributed by atoms with Crippen LogP contribution in [0.3, 0.4) is 0 Å². The lowest BCUT2D eigenvalue weighted by Crippen LogP contribution is -2.18. The predicted octanol–water partition coefficient (Wildman–Crippen LogP) is 1.84. The minimum atomic E-state index is -0.274. The second-order valence-corrected chi connectivity index (χ2v) is 3.22. The lowest BCUT2D eigenvalue weighted by molar-refractivity contribution is -0.119. The second kappa shape index (κ2) is 4.08. The average molecular weight is 177 g/mol. The van der Waals surface area contributed by atoms with Crippen LogP contribution in [0.5, 0.6) is 0 Å². The van der Waals surface area contributed by atoms with Gasteiger partial charge in [-0.05, 0) is 24.5 Å². The number of hydrogen-bond acceptors (Lipinski definition) is 1. The van der Waals surface area contributed by atoms with Gasteiger partial charge in [-0.1, -0.05) is 31.2 Å². The normalized spacial score (nSPS) is 12.5. The number of carbonyl (C=O) groups is 1. The molecule has 1 amide bonds. The van der Waals surface area contributed by atoms with E-state index in [1.54, 1.807) is 0 Å². The Morgan fingerprint density at radius 2 is 1.92 bits per heavy atom. The van der Waals surface area contributed by atoms with E-state index in [1.165, 1.54) is 5.56 Å². The highest BCUT2D eigenvalue weighted by molar-refractivity contribution is 5.81. The third-order valence-corrected chi connectivity index (χ3v) is 2.31. The smallest absolute Gasteiger partial charge is 0.224 e. The van der Waals surface area contributed by atoms with Gasteiger partial charge in [-0.3, -0.25) is 4.79 Å². The van der Waals surface area contributed by atoms with Crippen LogP contribution in [0.25, 0.3) is 0 Å². The van der Waals surface area contributed by atoms with Gasteiger partial charge in [-0.25, -0.2) is 0 Å². The predicted molar refractivity (Wildman–Crippen MR) is 53.4 cm³/mol. The minimum Gasteiger partial charge on any atom is -0.369 e. The van der Waals surface area contributed by atoms with Crippen LogP contribution in [0.1, 0.15) is 30.9 Å². The molecule has 1 aromatic carbocycles. The Morgan fingerprint density at radius 1 is 1.38 bits per heavy atom. The summed E-state index contributed by atoms with van der Waals surface area (Å²) in [6.07, 6.45) is 1.02. The molecule has 2 N–H and O–H groups in total. The highest BCUT2D eigenvalue weighted by atomic mass is 16.1. The maximum atomic E-state index is 10.9. The van der Waals surface area contributed by atoms with Crippen molar-refractivity contribution in [2.45, 2.75) is 26.2 Å². The SMILES string of the molecule is CCc1ccc(C(C)C(N)=O)cc1. The molecule has 1 atom stereocenters. The Bertz CT molecular complexity index is 289. The Labute approximate surface area is 78.8 Å². The van der Waals surface area contributed by atoms with E-state index in [9.17, 15) is 4.79 Å². The third-order valence-electron chi connectivity index (χ3n) is 2.31. The van der Waals surface area contributed by atoms with Crippen LogP contribution in [0.15, 0.2) is 24.3 Å². The fourth-order valence-corrected chi connectivity index (χ4v) is 1.21. The van der Waals surface area contributed by atoms with Crippen molar-refractivity contribution < 1.29 is 4.79 Å². The topological polar surface area (TPSA) is 43.1 Å². The van der Waals surface area contributed by atoms with Crippen LogP contribution in [0, 0.1) is 0 Å². The molecule has 1 unspecified atom stereocenters. The number of amides is 1. The fraction of sp³-hybridized carbons (Fsp3) is 0.364. The molecule has 0 heterocycles.